The highest BCUT2D eigenvalue weighted by atomic mass is 33.1. The smallest absolute Gasteiger partial charge is 0.344 e. The molecular weight excluding hydrogens is 850 g/mol. The van der Waals surface area contributed by atoms with Gasteiger partial charge in [0.2, 0.25) is 0 Å². The Morgan fingerprint density at radius 2 is 1.26 bits per heavy atom. The maximum Gasteiger partial charge on any atom is 0.344 e. The van der Waals surface area contributed by atoms with E-state index < -0.39 is 68.0 Å². The van der Waals surface area contributed by atoms with Crippen molar-refractivity contribution in [1.82, 2.24) is 19.5 Å². The number of rotatable bonds is 22. The van der Waals surface area contributed by atoms with Crippen LogP contribution in [0.2, 0.25) is 0 Å². The number of carbonyl (C=O) groups excluding carboxylic acids is 3. The molecule has 6 rings (SSSR count). The second kappa shape index (κ2) is 22.5. The van der Waals surface area contributed by atoms with Gasteiger partial charge in [-0.1, -0.05) is 77.4 Å². The molecule has 1 aliphatic rings. The topological polar surface area (TPSA) is 236 Å². The van der Waals surface area contributed by atoms with Gasteiger partial charge in [0.15, 0.2) is 55.2 Å². The lowest BCUT2D eigenvalue weighted by Gasteiger charge is -2.25. The molecule has 0 bridgehead atoms. The molecule has 61 heavy (non-hydrogen) atoms. The fraction of sp³-hybridized carbons (Fsp3) is 0.300. The molecule has 3 aromatic carbocycles. The van der Waals surface area contributed by atoms with Crippen molar-refractivity contribution in [2.45, 2.75) is 37.4 Å². The van der Waals surface area contributed by atoms with E-state index in [1.807, 2.05) is 18.2 Å². The summed E-state index contributed by atoms with van der Waals surface area (Å²) in [6.45, 7) is -1.87. The van der Waals surface area contributed by atoms with Gasteiger partial charge in [-0.05, 0) is 36.4 Å². The number of amides is 1. The molecule has 2 aromatic heterocycles. The normalized spacial score (nSPS) is 17.1. The van der Waals surface area contributed by atoms with Crippen molar-refractivity contribution >= 4 is 63.4 Å². The number of fused-ring (bicyclic) bond motifs is 1. The number of nitrogens with zero attached hydrogens (tertiary/aromatic N) is 6. The molecule has 1 amide bonds. The fourth-order valence-electron chi connectivity index (χ4n) is 5.67. The Bertz CT molecular complexity index is 2350. The molecule has 1 N–H and O–H groups in total. The van der Waals surface area contributed by atoms with Crippen LogP contribution in [-0.4, -0.2) is 93.6 Å². The molecule has 5 aromatic rings. The average molecular weight is 888 g/mol. The van der Waals surface area contributed by atoms with Crippen LogP contribution in [0.25, 0.3) is 11.2 Å². The third kappa shape index (κ3) is 12.9. The molecule has 1 saturated heterocycles. The lowest BCUT2D eigenvalue weighted by Crippen LogP contribution is -2.42. The first-order valence-electron chi connectivity index (χ1n) is 18.6. The highest BCUT2D eigenvalue weighted by Gasteiger charge is 2.52. The summed E-state index contributed by atoms with van der Waals surface area (Å²) >= 11 is 1.86. The van der Waals surface area contributed by atoms with Crippen LogP contribution in [0.3, 0.4) is 0 Å². The molecule has 3 heterocycles. The number of para-hydroxylation sites is 3. The number of imidazole rings is 1. The number of anilines is 1. The fourth-order valence-corrected chi connectivity index (χ4v) is 12.0. The van der Waals surface area contributed by atoms with Crippen LogP contribution in [0.1, 0.15) is 19.1 Å². The number of nitrogens with one attached hydrogen (secondary N) is 1. The van der Waals surface area contributed by atoms with Crippen LogP contribution in [0.5, 0.6) is 17.2 Å². The number of esters is 2. The Balaban J connectivity index is 1.30. The Hall–Kier alpha value is -6.15. The van der Waals surface area contributed by atoms with E-state index in [-0.39, 0.29) is 47.9 Å². The standard InChI is InChI=1S/C40H38N7O11PS2/c41-18-10-20-60-59(51,61-21-11-19-42)55-22-31-36(57-33(49)24-53-29-14-6-2-7-15-29)37(58-34(50)25-54-30-16-8-3-9-17-30)40(56-31)47-27-45-35-38(43-26-44-39(35)47)46-32(48)23-52-28-12-4-1-5-13-28/h1-9,12-17,26-27,31,36-37,40H,10-11,20-25H2,(H,43,44,46,48)/t31-,36-,37-,40-/m1/s1. The predicted molar refractivity (Wildman–Crippen MR) is 222 cm³/mol. The van der Waals surface area contributed by atoms with Gasteiger partial charge in [0.25, 0.3) is 5.91 Å². The quantitative estimate of drug-likeness (QED) is 0.0466. The predicted octanol–water partition coefficient (Wildman–Crippen LogP) is 6.14. The van der Waals surface area contributed by atoms with E-state index in [2.05, 4.69) is 20.3 Å². The number of benzene rings is 3. The van der Waals surface area contributed by atoms with Gasteiger partial charge >= 0.3 is 17.7 Å². The monoisotopic (exact) mass is 887 g/mol. The van der Waals surface area contributed by atoms with Gasteiger partial charge < -0.3 is 38.3 Å². The van der Waals surface area contributed by atoms with Crippen molar-refractivity contribution in [2.75, 3.05) is 43.3 Å². The van der Waals surface area contributed by atoms with Crippen LogP contribution in [-0.2, 0) is 37.7 Å². The minimum atomic E-state index is -3.63. The molecule has 1 fully saturated rings. The second-order valence-electron chi connectivity index (χ2n) is 12.6. The summed E-state index contributed by atoms with van der Waals surface area (Å²) < 4.78 is 56.7. The third-order valence-electron chi connectivity index (χ3n) is 8.35. The van der Waals surface area contributed by atoms with E-state index in [0.717, 1.165) is 22.8 Å². The minimum absolute atomic E-state index is 0.0406. The van der Waals surface area contributed by atoms with Crippen molar-refractivity contribution < 1.29 is 51.9 Å². The van der Waals surface area contributed by atoms with Gasteiger partial charge in [-0.25, -0.2) is 24.5 Å². The van der Waals surface area contributed by atoms with Crippen molar-refractivity contribution in [1.29, 1.82) is 10.5 Å². The van der Waals surface area contributed by atoms with Crippen LogP contribution >= 0.6 is 28.5 Å². The first-order valence-corrected chi connectivity index (χ1v) is 23.4. The van der Waals surface area contributed by atoms with E-state index in [0.29, 0.717) is 17.2 Å². The second-order valence-corrected chi connectivity index (χ2v) is 20.2. The van der Waals surface area contributed by atoms with E-state index in [4.69, 9.17) is 43.5 Å². The Morgan fingerprint density at radius 3 is 1.80 bits per heavy atom. The maximum atomic E-state index is 14.0. The zero-order chi connectivity index (χ0) is 42.9. The summed E-state index contributed by atoms with van der Waals surface area (Å²) in [7, 11) is 0. The van der Waals surface area contributed by atoms with Crippen molar-refractivity contribution in [2.24, 2.45) is 0 Å². The number of ether oxygens (including phenoxy) is 6. The lowest BCUT2D eigenvalue weighted by molar-refractivity contribution is -0.170. The summed E-state index contributed by atoms with van der Waals surface area (Å²) in [5.41, 5.74) is 0.262. The summed E-state index contributed by atoms with van der Waals surface area (Å²) in [6, 6.07) is 29.9. The van der Waals surface area contributed by atoms with Gasteiger partial charge in [-0.15, -0.1) is 0 Å². The number of hydrogen-bond donors (Lipinski definition) is 1. The highest BCUT2D eigenvalue weighted by Crippen LogP contribution is 2.70. The molecule has 0 radical (unpaired) electrons. The van der Waals surface area contributed by atoms with Gasteiger partial charge in [-0.2, -0.15) is 10.5 Å². The summed E-state index contributed by atoms with van der Waals surface area (Å²) in [5.74, 6) is -4.22. The Morgan fingerprint density at radius 1 is 0.738 bits per heavy atom. The number of carbonyl (C=O) groups is 3. The third-order valence-corrected chi connectivity index (χ3v) is 15.7. The summed E-state index contributed by atoms with van der Waals surface area (Å²) in [5, 5.41) is 20.9. The van der Waals surface area contributed by atoms with Crippen molar-refractivity contribution in [3.8, 4) is 29.4 Å². The summed E-state index contributed by atoms with van der Waals surface area (Å²) in [6.07, 6.45) is -2.72. The number of hydrogen-bond acceptors (Lipinski definition) is 18. The number of nitriles is 2. The van der Waals surface area contributed by atoms with Gasteiger partial charge in [0.1, 0.15) is 29.7 Å². The van der Waals surface area contributed by atoms with Crippen molar-refractivity contribution in [3.05, 3.63) is 104 Å². The van der Waals surface area contributed by atoms with E-state index >= 15 is 0 Å². The Kier molecular flexibility index (Phi) is 16.3. The van der Waals surface area contributed by atoms with E-state index in [1.54, 1.807) is 84.9 Å². The molecular formula is C40H38N7O11PS2. The molecule has 1 aliphatic heterocycles. The van der Waals surface area contributed by atoms with Crippen LogP contribution in [0, 0.1) is 22.7 Å². The molecule has 21 heteroatoms. The molecule has 0 saturated carbocycles. The van der Waals surface area contributed by atoms with E-state index in [1.165, 1.54) is 17.2 Å². The first kappa shape index (κ1) is 44.4. The summed E-state index contributed by atoms with van der Waals surface area (Å²) in [4.78, 5) is 53.0. The largest absolute Gasteiger partial charge is 0.484 e. The lowest BCUT2D eigenvalue weighted by atomic mass is 10.1. The maximum absolute atomic E-state index is 14.0. The average Bonchev–Trinajstić information content (AvgIpc) is 3.86. The number of aromatic nitrogens is 4. The van der Waals surface area contributed by atoms with Crippen molar-refractivity contribution in [3.63, 3.8) is 0 Å². The molecule has 0 spiro atoms. The van der Waals surface area contributed by atoms with E-state index in [9.17, 15) is 18.9 Å². The molecule has 4 atom stereocenters. The molecule has 316 valence electrons. The van der Waals surface area contributed by atoms with Crippen LogP contribution in [0.15, 0.2) is 104 Å². The minimum Gasteiger partial charge on any atom is -0.484 e. The molecule has 18 nitrogen and oxygen atoms in total. The van der Waals surface area contributed by atoms with Crippen LogP contribution in [0.4, 0.5) is 5.82 Å². The SMILES string of the molecule is N#CCCSP(=O)(OC[C@H]1O[C@@H](n2cnc3c(NC(=O)COc4ccccc4)ncnc32)[C@H](OC(=O)COc2ccccc2)[C@@H]1OC(=O)COc1ccccc1)SCCC#N. The first-order chi connectivity index (χ1) is 29.7. The Labute approximate surface area is 357 Å². The molecule has 0 aliphatic carbocycles. The highest BCUT2D eigenvalue weighted by molar-refractivity contribution is 8.89. The van der Waals surface area contributed by atoms with Gasteiger partial charge in [0, 0.05) is 24.3 Å². The van der Waals surface area contributed by atoms with Gasteiger partial charge in [0.05, 0.1) is 25.1 Å². The van der Waals surface area contributed by atoms with Crippen LogP contribution < -0.4 is 19.5 Å². The molecule has 0 unspecified atom stereocenters. The zero-order valence-corrected chi connectivity index (χ0v) is 34.7. The zero-order valence-electron chi connectivity index (χ0n) is 32.2. The van der Waals surface area contributed by atoms with Gasteiger partial charge in [-0.3, -0.25) is 13.9 Å².